The zero-order valence-corrected chi connectivity index (χ0v) is 12.2. The zero-order valence-electron chi connectivity index (χ0n) is 12.2. The first-order chi connectivity index (χ1) is 9.77. The van der Waals surface area contributed by atoms with Crippen molar-refractivity contribution in [3.8, 4) is 0 Å². The van der Waals surface area contributed by atoms with E-state index < -0.39 is 0 Å². The van der Waals surface area contributed by atoms with E-state index in [1.54, 1.807) is 0 Å². The molecule has 3 aliphatic carbocycles. The molecule has 0 radical (unpaired) electrons. The smallest absolute Gasteiger partial charge is 0.226 e. The van der Waals surface area contributed by atoms with Crippen LogP contribution in [0.15, 0.2) is 0 Å². The maximum atomic E-state index is 12.9. The van der Waals surface area contributed by atoms with Crippen LogP contribution in [0.25, 0.3) is 0 Å². The SMILES string of the molecule is O=C1CCCC1C1CCCCN1C(=O)C1C2CCCC21. The van der Waals surface area contributed by atoms with Crippen LogP contribution in [-0.4, -0.2) is 29.2 Å². The van der Waals surface area contributed by atoms with Crippen molar-refractivity contribution >= 4 is 11.7 Å². The van der Waals surface area contributed by atoms with Gasteiger partial charge in [0.05, 0.1) is 0 Å². The van der Waals surface area contributed by atoms with Crippen LogP contribution in [-0.2, 0) is 9.59 Å². The lowest BCUT2D eigenvalue weighted by Crippen LogP contribution is -2.49. The van der Waals surface area contributed by atoms with E-state index >= 15 is 0 Å². The molecule has 0 spiro atoms. The molecule has 4 atom stereocenters. The predicted molar refractivity (Wildman–Crippen MR) is 76.0 cm³/mol. The van der Waals surface area contributed by atoms with Gasteiger partial charge in [0.1, 0.15) is 5.78 Å². The Bertz CT molecular complexity index is 423. The van der Waals surface area contributed by atoms with Gasteiger partial charge in [-0.1, -0.05) is 6.42 Å². The van der Waals surface area contributed by atoms with Gasteiger partial charge in [-0.25, -0.2) is 0 Å². The van der Waals surface area contributed by atoms with Crippen LogP contribution >= 0.6 is 0 Å². The quantitative estimate of drug-likeness (QED) is 0.777. The van der Waals surface area contributed by atoms with Gasteiger partial charge in [0, 0.05) is 30.8 Å². The largest absolute Gasteiger partial charge is 0.339 e. The summed E-state index contributed by atoms with van der Waals surface area (Å²) in [6.07, 6.45) is 10.0. The topological polar surface area (TPSA) is 37.4 Å². The molecule has 0 N–H and O–H groups in total. The molecule has 3 nitrogen and oxygen atoms in total. The summed E-state index contributed by atoms with van der Waals surface area (Å²) in [5.41, 5.74) is 0. The van der Waals surface area contributed by atoms with Gasteiger partial charge in [-0.3, -0.25) is 9.59 Å². The summed E-state index contributed by atoms with van der Waals surface area (Å²) in [5.74, 6) is 2.72. The molecule has 0 aromatic rings. The van der Waals surface area contributed by atoms with Crippen molar-refractivity contribution < 1.29 is 9.59 Å². The molecule has 1 aliphatic heterocycles. The summed E-state index contributed by atoms with van der Waals surface area (Å²) in [7, 11) is 0. The number of likely N-dealkylation sites (tertiary alicyclic amines) is 1. The van der Waals surface area contributed by atoms with Crippen LogP contribution in [0.5, 0.6) is 0 Å². The number of ketones is 1. The van der Waals surface area contributed by atoms with E-state index in [0.717, 1.165) is 38.6 Å². The fourth-order valence-electron chi connectivity index (χ4n) is 5.28. The first-order valence-corrected chi connectivity index (χ1v) is 8.60. The lowest BCUT2D eigenvalue weighted by Gasteiger charge is -2.39. The lowest BCUT2D eigenvalue weighted by molar-refractivity contribution is -0.140. The highest BCUT2D eigenvalue weighted by Crippen LogP contribution is 2.58. The fraction of sp³-hybridized carbons (Fsp3) is 0.882. The zero-order chi connectivity index (χ0) is 13.7. The van der Waals surface area contributed by atoms with E-state index in [9.17, 15) is 9.59 Å². The first-order valence-electron chi connectivity index (χ1n) is 8.60. The number of carbonyl (C=O) groups is 2. The van der Waals surface area contributed by atoms with Gasteiger partial charge < -0.3 is 4.90 Å². The molecular formula is C17H25NO2. The van der Waals surface area contributed by atoms with Gasteiger partial charge >= 0.3 is 0 Å². The van der Waals surface area contributed by atoms with Gasteiger partial charge in [-0.15, -0.1) is 0 Å². The third kappa shape index (κ3) is 1.93. The number of piperidine rings is 1. The minimum atomic E-state index is 0.165. The van der Waals surface area contributed by atoms with E-state index in [2.05, 4.69) is 4.90 Å². The van der Waals surface area contributed by atoms with Crippen molar-refractivity contribution in [1.82, 2.24) is 4.90 Å². The highest BCUT2D eigenvalue weighted by atomic mass is 16.2. The number of carbonyl (C=O) groups excluding carboxylic acids is 2. The van der Waals surface area contributed by atoms with E-state index in [1.165, 1.54) is 25.7 Å². The van der Waals surface area contributed by atoms with Crippen molar-refractivity contribution in [3.05, 3.63) is 0 Å². The summed E-state index contributed by atoms with van der Waals surface area (Å²) in [6.45, 7) is 0.906. The van der Waals surface area contributed by atoms with Crippen molar-refractivity contribution in [2.24, 2.45) is 23.7 Å². The van der Waals surface area contributed by atoms with E-state index in [1.807, 2.05) is 0 Å². The number of hydrogen-bond donors (Lipinski definition) is 0. The molecule has 3 saturated carbocycles. The molecule has 1 saturated heterocycles. The number of Topliss-reactive ketones (excluding diaryl/α,β-unsaturated/α-hetero) is 1. The molecule has 0 aromatic carbocycles. The molecule has 20 heavy (non-hydrogen) atoms. The summed E-state index contributed by atoms with van der Waals surface area (Å²) in [6, 6.07) is 0.243. The second-order valence-corrected chi connectivity index (χ2v) is 7.34. The van der Waals surface area contributed by atoms with Crippen molar-refractivity contribution in [3.63, 3.8) is 0 Å². The van der Waals surface area contributed by atoms with Crippen LogP contribution in [0.3, 0.4) is 0 Å². The number of amides is 1. The molecule has 4 aliphatic rings. The Hall–Kier alpha value is -0.860. The van der Waals surface area contributed by atoms with Crippen LogP contribution in [0.4, 0.5) is 0 Å². The van der Waals surface area contributed by atoms with Crippen molar-refractivity contribution in [2.75, 3.05) is 6.54 Å². The van der Waals surface area contributed by atoms with Crippen LogP contribution in [0, 0.1) is 23.7 Å². The Morgan fingerprint density at radius 3 is 2.45 bits per heavy atom. The molecule has 0 aromatic heterocycles. The van der Waals surface area contributed by atoms with E-state index in [4.69, 9.17) is 0 Å². The molecule has 3 heteroatoms. The Labute approximate surface area is 121 Å². The Morgan fingerprint density at radius 2 is 1.75 bits per heavy atom. The summed E-state index contributed by atoms with van der Waals surface area (Å²) < 4.78 is 0. The molecule has 110 valence electrons. The van der Waals surface area contributed by atoms with Gasteiger partial charge in [-0.05, 0) is 56.8 Å². The van der Waals surface area contributed by atoms with Crippen LogP contribution in [0.2, 0.25) is 0 Å². The van der Waals surface area contributed by atoms with Gasteiger partial charge in [-0.2, -0.15) is 0 Å². The first kappa shape index (κ1) is 12.8. The third-order valence-corrected chi connectivity index (χ3v) is 6.34. The third-order valence-electron chi connectivity index (χ3n) is 6.34. The second kappa shape index (κ2) is 4.85. The Kier molecular flexibility index (Phi) is 3.12. The monoisotopic (exact) mass is 275 g/mol. The minimum Gasteiger partial charge on any atom is -0.339 e. The van der Waals surface area contributed by atoms with Crippen LogP contribution < -0.4 is 0 Å². The molecule has 0 bridgehead atoms. The molecular weight excluding hydrogens is 250 g/mol. The summed E-state index contributed by atoms with van der Waals surface area (Å²) in [5, 5.41) is 0. The van der Waals surface area contributed by atoms with E-state index in [-0.39, 0.29) is 12.0 Å². The maximum absolute atomic E-state index is 12.9. The minimum absolute atomic E-state index is 0.165. The van der Waals surface area contributed by atoms with Gasteiger partial charge in [0.25, 0.3) is 0 Å². The molecule has 1 heterocycles. The highest BCUT2D eigenvalue weighted by molar-refractivity contribution is 5.86. The standard InChI is InChI=1S/C17H25NO2/c19-15-9-4-7-13(15)14-8-1-2-10-18(14)17(20)16-11-5-3-6-12(11)16/h11-14,16H,1-10H2. The number of fused-ring (bicyclic) bond motifs is 1. The average Bonchev–Trinajstić information content (AvgIpc) is 2.82. The molecule has 4 fully saturated rings. The average molecular weight is 275 g/mol. The summed E-state index contributed by atoms with van der Waals surface area (Å²) in [4.78, 5) is 27.1. The molecule has 1 amide bonds. The lowest BCUT2D eigenvalue weighted by atomic mass is 9.88. The van der Waals surface area contributed by atoms with Crippen LogP contribution in [0.1, 0.15) is 57.8 Å². The van der Waals surface area contributed by atoms with Gasteiger partial charge in [0.2, 0.25) is 5.91 Å². The molecule has 4 rings (SSSR count). The number of hydrogen-bond acceptors (Lipinski definition) is 2. The number of rotatable bonds is 2. The highest BCUT2D eigenvalue weighted by Gasteiger charge is 2.58. The normalized spacial score (nSPS) is 43.7. The number of nitrogens with zero attached hydrogens (tertiary/aromatic N) is 1. The second-order valence-electron chi connectivity index (χ2n) is 7.34. The Morgan fingerprint density at radius 1 is 0.950 bits per heavy atom. The maximum Gasteiger partial charge on any atom is 0.226 e. The summed E-state index contributed by atoms with van der Waals surface area (Å²) >= 11 is 0. The molecule has 4 unspecified atom stereocenters. The fourth-order valence-corrected chi connectivity index (χ4v) is 5.28. The Balaban J connectivity index is 1.49. The van der Waals surface area contributed by atoms with E-state index in [0.29, 0.717) is 29.4 Å². The van der Waals surface area contributed by atoms with Crippen molar-refractivity contribution in [1.29, 1.82) is 0 Å². The van der Waals surface area contributed by atoms with Crippen molar-refractivity contribution in [2.45, 2.75) is 63.8 Å². The predicted octanol–water partition coefficient (Wildman–Crippen LogP) is 2.78. The van der Waals surface area contributed by atoms with Gasteiger partial charge in [0.15, 0.2) is 0 Å².